The van der Waals surface area contributed by atoms with Crippen LogP contribution in [0, 0.1) is 0 Å². The SMILES string of the molecule is O=C(Nc1cccc(-c2nc3ccccc3o2)c1)c1ccc2ncsc2c1. The van der Waals surface area contributed by atoms with Crippen LogP contribution in [0.3, 0.4) is 0 Å². The number of carbonyl (C=O) groups excluding carboxylic acids is 1. The molecule has 0 fully saturated rings. The summed E-state index contributed by atoms with van der Waals surface area (Å²) in [5.74, 6) is 0.360. The molecule has 0 saturated carbocycles. The molecule has 2 aromatic heterocycles. The number of rotatable bonds is 3. The van der Waals surface area contributed by atoms with E-state index >= 15 is 0 Å². The summed E-state index contributed by atoms with van der Waals surface area (Å²) in [4.78, 5) is 21.3. The first kappa shape index (κ1) is 15.7. The predicted molar refractivity (Wildman–Crippen MR) is 107 cm³/mol. The number of amides is 1. The molecule has 5 rings (SSSR count). The van der Waals surface area contributed by atoms with Gasteiger partial charge in [-0.1, -0.05) is 18.2 Å². The number of anilines is 1. The van der Waals surface area contributed by atoms with E-state index in [1.54, 1.807) is 11.6 Å². The first-order chi connectivity index (χ1) is 13.3. The summed E-state index contributed by atoms with van der Waals surface area (Å²) in [5.41, 5.74) is 6.30. The minimum Gasteiger partial charge on any atom is -0.436 e. The van der Waals surface area contributed by atoms with Crippen molar-refractivity contribution < 1.29 is 9.21 Å². The standard InChI is InChI=1S/C21H13N3O2S/c25-20(13-8-9-17-19(11-13)27-12-22-17)23-15-5-3-4-14(10-15)21-24-16-6-1-2-7-18(16)26-21/h1-12H,(H,23,25). The third kappa shape index (κ3) is 2.96. The Morgan fingerprint density at radius 1 is 0.963 bits per heavy atom. The van der Waals surface area contributed by atoms with Crippen LogP contribution in [-0.2, 0) is 0 Å². The van der Waals surface area contributed by atoms with Gasteiger partial charge in [-0.2, -0.15) is 0 Å². The Hall–Kier alpha value is -3.51. The fourth-order valence-corrected chi connectivity index (χ4v) is 3.64. The van der Waals surface area contributed by atoms with Gasteiger partial charge in [-0.05, 0) is 48.5 Å². The molecule has 5 nitrogen and oxygen atoms in total. The second-order valence-corrected chi connectivity index (χ2v) is 6.94. The van der Waals surface area contributed by atoms with Crippen LogP contribution in [0.1, 0.15) is 10.4 Å². The second-order valence-electron chi connectivity index (χ2n) is 6.06. The van der Waals surface area contributed by atoms with Crippen LogP contribution in [0.2, 0.25) is 0 Å². The largest absolute Gasteiger partial charge is 0.436 e. The molecular weight excluding hydrogens is 358 g/mol. The summed E-state index contributed by atoms with van der Waals surface area (Å²) in [6.07, 6.45) is 0. The normalized spacial score (nSPS) is 11.1. The predicted octanol–water partition coefficient (Wildman–Crippen LogP) is 5.36. The van der Waals surface area contributed by atoms with Crippen LogP contribution in [0.5, 0.6) is 0 Å². The number of fused-ring (bicyclic) bond motifs is 2. The lowest BCUT2D eigenvalue weighted by molar-refractivity contribution is 0.102. The van der Waals surface area contributed by atoms with Crippen molar-refractivity contribution in [3.8, 4) is 11.5 Å². The summed E-state index contributed by atoms with van der Waals surface area (Å²) in [5, 5.41) is 2.93. The number of hydrogen-bond acceptors (Lipinski definition) is 5. The molecule has 0 aliphatic carbocycles. The molecule has 0 aliphatic rings. The lowest BCUT2D eigenvalue weighted by Crippen LogP contribution is -2.11. The summed E-state index contributed by atoms with van der Waals surface area (Å²) in [6, 6.07) is 20.6. The number of thiazole rings is 1. The van der Waals surface area contributed by atoms with Crippen LogP contribution in [-0.4, -0.2) is 15.9 Å². The highest BCUT2D eigenvalue weighted by Gasteiger charge is 2.11. The van der Waals surface area contributed by atoms with Gasteiger partial charge in [0, 0.05) is 16.8 Å². The van der Waals surface area contributed by atoms with Gasteiger partial charge in [0.2, 0.25) is 5.89 Å². The van der Waals surface area contributed by atoms with Crippen molar-refractivity contribution in [3.63, 3.8) is 0 Å². The molecule has 1 amide bonds. The highest BCUT2D eigenvalue weighted by Crippen LogP contribution is 2.26. The molecule has 0 bridgehead atoms. The van der Waals surface area contributed by atoms with E-state index in [9.17, 15) is 4.79 Å². The van der Waals surface area contributed by atoms with E-state index in [0.29, 0.717) is 17.1 Å². The van der Waals surface area contributed by atoms with Gasteiger partial charge in [0.15, 0.2) is 5.58 Å². The number of benzene rings is 3. The molecule has 0 saturated heterocycles. The van der Waals surface area contributed by atoms with Gasteiger partial charge in [0.05, 0.1) is 15.7 Å². The zero-order valence-corrected chi connectivity index (χ0v) is 14.9. The first-order valence-electron chi connectivity index (χ1n) is 8.37. The van der Waals surface area contributed by atoms with Gasteiger partial charge in [-0.3, -0.25) is 4.79 Å². The average molecular weight is 371 g/mol. The van der Waals surface area contributed by atoms with E-state index < -0.39 is 0 Å². The van der Waals surface area contributed by atoms with Crippen LogP contribution >= 0.6 is 11.3 Å². The van der Waals surface area contributed by atoms with Crippen molar-refractivity contribution >= 4 is 44.2 Å². The summed E-state index contributed by atoms with van der Waals surface area (Å²) >= 11 is 1.52. The van der Waals surface area contributed by atoms with E-state index in [0.717, 1.165) is 26.9 Å². The molecule has 2 heterocycles. The van der Waals surface area contributed by atoms with Gasteiger partial charge in [-0.15, -0.1) is 11.3 Å². The van der Waals surface area contributed by atoms with E-state index in [1.165, 1.54) is 11.3 Å². The molecule has 0 radical (unpaired) electrons. The van der Waals surface area contributed by atoms with Gasteiger partial charge >= 0.3 is 0 Å². The minimum absolute atomic E-state index is 0.167. The zero-order chi connectivity index (χ0) is 18.2. The summed E-state index contributed by atoms with van der Waals surface area (Å²) < 4.78 is 6.80. The maximum Gasteiger partial charge on any atom is 0.255 e. The van der Waals surface area contributed by atoms with Gasteiger partial charge in [-0.25, -0.2) is 9.97 Å². The van der Waals surface area contributed by atoms with E-state index in [2.05, 4.69) is 15.3 Å². The molecule has 0 aliphatic heterocycles. The summed E-state index contributed by atoms with van der Waals surface area (Å²) in [7, 11) is 0. The molecule has 0 atom stereocenters. The number of carbonyl (C=O) groups is 1. The van der Waals surface area contributed by atoms with Crippen LogP contribution in [0.4, 0.5) is 5.69 Å². The quantitative estimate of drug-likeness (QED) is 0.464. The van der Waals surface area contributed by atoms with E-state index in [-0.39, 0.29) is 5.91 Å². The number of oxazole rings is 1. The van der Waals surface area contributed by atoms with Crippen molar-refractivity contribution in [1.29, 1.82) is 0 Å². The molecule has 1 N–H and O–H groups in total. The first-order valence-corrected chi connectivity index (χ1v) is 9.25. The maximum absolute atomic E-state index is 12.6. The zero-order valence-electron chi connectivity index (χ0n) is 14.0. The number of nitrogens with one attached hydrogen (secondary N) is 1. The highest BCUT2D eigenvalue weighted by atomic mass is 32.1. The molecule has 3 aromatic carbocycles. The number of para-hydroxylation sites is 2. The fraction of sp³-hybridized carbons (Fsp3) is 0. The Balaban J connectivity index is 1.43. The third-order valence-electron chi connectivity index (χ3n) is 4.25. The van der Waals surface area contributed by atoms with Crippen LogP contribution in [0.25, 0.3) is 32.8 Å². The van der Waals surface area contributed by atoms with E-state index in [4.69, 9.17) is 4.42 Å². The molecule has 5 aromatic rings. The molecule has 0 unspecified atom stereocenters. The Kier molecular flexibility index (Phi) is 3.69. The van der Waals surface area contributed by atoms with Crippen molar-refractivity contribution in [2.75, 3.05) is 5.32 Å². The lowest BCUT2D eigenvalue weighted by Gasteiger charge is -2.06. The number of hydrogen-bond donors (Lipinski definition) is 1. The van der Waals surface area contributed by atoms with Gasteiger partial charge < -0.3 is 9.73 Å². The molecule has 27 heavy (non-hydrogen) atoms. The smallest absolute Gasteiger partial charge is 0.255 e. The third-order valence-corrected chi connectivity index (χ3v) is 5.05. The maximum atomic E-state index is 12.6. The topological polar surface area (TPSA) is 68.0 Å². The van der Waals surface area contributed by atoms with Crippen LogP contribution in [0.15, 0.2) is 76.7 Å². The Labute approximate surface area is 158 Å². The van der Waals surface area contributed by atoms with Gasteiger partial charge in [0.1, 0.15) is 5.52 Å². The molecule has 6 heteroatoms. The van der Waals surface area contributed by atoms with Crippen molar-refractivity contribution in [1.82, 2.24) is 9.97 Å². The Morgan fingerprint density at radius 3 is 2.81 bits per heavy atom. The molecule has 130 valence electrons. The Morgan fingerprint density at radius 2 is 1.89 bits per heavy atom. The van der Waals surface area contributed by atoms with Crippen molar-refractivity contribution in [2.24, 2.45) is 0 Å². The number of aromatic nitrogens is 2. The number of nitrogens with zero attached hydrogens (tertiary/aromatic N) is 2. The lowest BCUT2D eigenvalue weighted by atomic mass is 10.1. The van der Waals surface area contributed by atoms with Crippen LogP contribution < -0.4 is 5.32 Å². The Bertz CT molecular complexity index is 1260. The van der Waals surface area contributed by atoms with Gasteiger partial charge in [0.25, 0.3) is 5.91 Å². The van der Waals surface area contributed by atoms with Crippen molar-refractivity contribution in [2.45, 2.75) is 0 Å². The average Bonchev–Trinajstić information content (AvgIpc) is 3.34. The molecule has 0 spiro atoms. The highest BCUT2D eigenvalue weighted by molar-refractivity contribution is 7.16. The second kappa shape index (κ2) is 6.34. The fourth-order valence-electron chi connectivity index (χ4n) is 2.93. The van der Waals surface area contributed by atoms with Crippen molar-refractivity contribution in [3.05, 3.63) is 77.8 Å². The molecular formula is C21H13N3O2S. The minimum atomic E-state index is -0.167. The monoisotopic (exact) mass is 371 g/mol. The van der Waals surface area contributed by atoms with E-state index in [1.807, 2.05) is 60.7 Å². The summed E-state index contributed by atoms with van der Waals surface area (Å²) in [6.45, 7) is 0.